The number of furan rings is 1. The van der Waals surface area contributed by atoms with Crippen LogP contribution in [-0.4, -0.2) is 16.8 Å². The predicted octanol–water partition coefficient (Wildman–Crippen LogP) is 4.77. The van der Waals surface area contributed by atoms with E-state index in [1.165, 1.54) is 18.3 Å². The summed E-state index contributed by atoms with van der Waals surface area (Å²) >= 11 is 1.20. The molecule has 0 atom stereocenters. The predicted molar refractivity (Wildman–Crippen MR) is 106 cm³/mol. The first-order valence-electron chi connectivity index (χ1n) is 8.22. The molecule has 6 nitrogen and oxygen atoms in total. The molecule has 2 N–H and O–H groups in total. The highest BCUT2D eigenvalue weighted by atomic mass is 32.1. The molecule has 0 aliphatic carbocycles. The van der Waals surface area contributed by atoms with Crippen molar-refractivity contribution in [1.29, 1.82) is 0 Å². The number of rotatable bonds is 4. The quantitative estimate of drug-likeness (QED) is 0.537. The van der Waals surface area contributed by atoms with Gasteiger partial charge in [-0.05, 0) is 36.4 Å². The first kappa shape index (κ1) is 17.0. The standard InChI is InChI=1S/C20H15N3O3S/c1-12(24)21-20-23-16(11-27-20)19(25)22-15-8-6-13(7-9-15)18-10-14-4-2-3-5-17(14)26-18/h2-11H,1H3,(H,22,25)(H,21,23,24). The summed E-state index contributed by atoms with van der Waals surface area (Å²) in [6.45, 7) is 1.39. The maximum atomic E-state index is 12.3. The second-order valence-electron chi connectivity index (χ2n) is 5.90. The van der Waals surface area contributed by atoms with E-state index in [9.17, 15) is 9.59 Å². The molecule has 0 saturated heterocycles. The number of fused-ring (bicyclic) bond motifs is 1. The Bertz CT molecular complexity index is 1100. The summed E-state index contributed by atoms with van der Waals surface area (Å²) in [5.41, 5.74) is 2.66. The molecule has 0 saturated carbocycles. The van der Waals surface area contributed by atoms with Gasteiger partial charge in [0, 0.05) is 28.9 Å². The molecule has 27 heavy (non-hydrogen) atoms. The van der Waals surface area contributed by atoms with E-state index in [1.807, 2.05) is 54.6 Å². The molecule has 2 aromatic heterocycles. The minimum Gasteiger partial charge on any atom is -0.456 e. The van der Waals surface area contributed by atoms with Crippen LogP contribution in [0.3, 0.4) is 0 Å². The lowest BCUT2D eigenvalue weighted by molar-refractivity contribution is -0.114. The van der Waals surface area contributed by atoms with Crippen LogP contribution in [0.15, 0.2) is 64.4 Å². The van der Waals surface area contributed by atoms with Gasteiger partial charge in [0.05, 0.1) is 0 Å². The van der Waals surface area contributed by atoms with Gasteiger partial charge in [-0.2, -0.15) is 0 Å². The Kier molecular flexibility index (Phi) is 4.43. The summed E-state index contributed by atoms with van der Waals surface area (Å²) in [4.78, 5) is 27.4. The molecular formula is C20H15N3O3S. The molecule has 0 unspecified atom stereocenters. The van der Waals surface area contributed by atoms with Gasteiger partial charge < -0.3 is 15.1 Å². The number of nitrogens with zero attached hydrogens (tertiary/aromatic N) is 1. The van der Waals surface area contributed by atoms with Crippen molar-refractivity contribution in [3.8, 4) is 11.3 Å². The van der Waals surface area contributed by atoms with Crippen molar-refractivity contribution in [2.75, 3.05) is 10.6 Å². The molecule has 134 valence electrons. The zero-order valence-electron chi connectivity index (χ0n) is 14.4. The van der Waals surface area contributed by atoms with Crippen molar-refractivity contribution in [2.24, 2.45) is 0 Å². The second kappa shape index (κ2) is 7.05. The van der Waals surface area contributed by atoms with E-state index in [0.717, 1.165) is 22.3 Å². The number of anilines is 2. The van der Waals surface area contributed by atoms with Gasteiger partial charge in [-0.1, -0.05) is 18.2 Å². The van der Waals surface area contributed by atoms with E-state index in [-0.39, 0.29) is 17.5 Å². The van der Waals surface area contributed by atoms with E-state index in [2.05, 4.69) is 15.6 Å². The Balaban J connectivity index is 1.48. The second-order valence-corrected chi connectivity index (χ2v) is 6.76. The van der Waals surface area contributed by atoms with Crippen LogP contribution in [0.1, 0.15) is 17.4 Å². The minimum atomic E-state index is -0.334. The van der Waals surface area contributed by atoms with Crippen molar-refractivity contribution >= 4 is 44.9 Å². The summed E-state index contributed by atoms with van der Waals surface area (Å²) in [5, 5.41) is 8.39. The highest BCUT2D eigenvalue weighted by Gasteiger charge is 2.12. The monoisotopic (exact) mass is 377 g/mol. The van der Waals surface area contributed by atoms with E-state index in [0.29, 0.717) is 10.8 Å². The fourth-order valence-corrected chi connectivity index (χ4v) is 3.36. The maximum Gasteiger partial charge on any atom is 0.275 e. The lowest BCUT2D eigenvalue weighted by atomic mass is 10.1. The van der Waals surface area contributed by atoms with Gasteiger partial charge in [0.15, 0.2) is 5.13 Å². The molecule has 0 spiro atoms. The lowest BCUT2D eigenvalue weighted by Crippen LogP contribution is -2.13. The zero-order chi connectivity index (χ0) is 18.8. The molecule has 0 bridgehead atoms. The van der Waals surface area contributed by atoms with Crippen LogP contribution in [0.4, 0.5) is 10.8 Å². The molecule has 7 heteroatoms. The number of hydrogen-bond acceptors (Lipinski definition) is 5. The van der Waals surface area contributed by atoms with E-state index in [4.69, 9.17) is 4.42 Å². The van der Waals surface area contributed by atoms with E-state index in [1.54, 1.807) is 5.38 Å². The van der Waals surface area contributed by atoms with E-state index < -0.39 is 0 Å². The Morgan fingerprint density at radius 1 is 1.04 bits per heavy atom. The number of benzene rings is 2. The molecule has 2 heterocycles. The van der Waals surface area contributed by atoms with Crippen LogP contribution in [-0.2, 0) is 4.79 Å². The maximum absolute atomic E-state index is 12.3. The van der Waals surface area contributed by atoms with Crippen LogP contribution >= 0.6 is 11.3 Å². The van der Waals surface area contributed by atoms with Crippen molar-refractivity contribution in [1.82, 2.24) is 4.98 Å². The Labute approximate surface area is 158 Å². The third-order valence-electron chi connectivity index (χ3n) is 3.87. The number of carbonyl (C=O) groups excluding carboxylic acids is 2. The lowest BCUT2D eigenvalue weighted by Gasteiger charge is -2.04. The van der Waals surface area contributed by atoms with Gasteiger partial charge in [0.25, 0.3) is 5.91 Å². The smallest absolute Gasteiger partial charge is 0.275 e. The molecule has 4 aromatic rings. The van der Waals surface area contributed by atoms with Crippen LogP contribution in [0.5, 0.6) is 0 Å². The number of amides is 2. The Morgan fingerprint density at radius 3 is 2.56 bits per heavy atom. The van der Waals surface area contributed by atoms with Gasteiger partial charge in [-0.25, -0.2) is 4.98 Å². The summed E-state index contributed by atoms with van der Waals surface area (Å²) in [7, 11) is 0. The average molecular weight is 377 g/mol. The first-order valence-corrected chi connectivity index (χ1v) is 9.10. The summed E-state index contributed by atoms with van der Waals surface area (Å²) in [6.07, 6.45) is 0. The van der Waals surface area contributed by atoms with E-state index >= 15 is 0 Å². The van der Waals surface area contributed by atoms with Crippen LogP contribution in [0.2, 0.25) is 0 Å². The van der Waals surface area contributed by atoms with Gasteiger partial charge >= 0.3 is 0 Å². The van der Waals surface area contributed by atoms with Crippen molar-refractivity contribution in [3.05, 3.63) is 65.7 Å². The summed E-state index contributed by atoms with van der Waals surface area (Å²) < 4.78 is 5.85. The zero-order valence-corrected chi connectivity index (χ0v) is 15.2. The highest BCUT2D eigenvalue weighted by Crippen LogP contribution is 2.28. The van der Waals surface area contributed by atoms with Gasteiger partial charge in [0.2, 0.25) is 5.91 Å². The third kappa shape index (κ3) is 3.73. The van der Waals surface area contributed by atoms with Crippen LogP contribution < -0.4 is 10.6 Å². The SMILES string of the molecule is CC(=O)Nc1nc(C(=O)Nc2ccc(-c3cc4ccccc4o3)cc2)cs1. The molecule has 0 fully saturated rings. The molecule has 0 aliphatic heterocycles. The highest BCUT2D eigenvalue weighted by molar-refractivity contribution is 7.14. The molecule has 2 aromatic carbocycles. The Morgan fingerprint density at radius 2 is 1.81 bits per heavy atom. The minimum absolute atomic E-state index is 0.225. The number of para-hydroxylation sites is 1. The fraction of sp³-hybridized carbons (Fsp3) is 0.0500. The topological polar surface area (TPSA) is 84.2 Å². The van der Waals surface area contributed by atoms with Crippen LogP contribution in [0.25, 0.3) is 22.3 Å². The number of nitrogens with one attached hydrogen (secondary N) is 2. The average Bonchev–Trinajstić information content (AvgIpc) is 3.28. The molecule has 0 radical (unpaired) electrons. The van der Waals surface area contributed by atoms with Crippen molar-refractivity contribution < 1.29 is 14.0 Å². The molecule has 0 aliphatic rings. The number of carbonyl (C=O) groups is 2. The third-order valence-corrected chi connectivity index (χ3v) is 4.63. The number of aromatic nitrogens is 1. The van der Waals surface area contributed by atoms with Gasteiger partial charge in [-0.3, -0.25) is 9.59 Å². The summed E-state index contributed by atoms with van der Waals surface area (Å²) in [5.74, 6) is 0.213. The largest absolute Gasteiger partial charge is 0.456 e. The van der Waals surface area contributed by atoms with Crippen molar-refractivity contribution in [3.63, 3.8) is 0 Å². The molecule has 4 rings (SSSR count). The normalized spacial score (nSPS) is 10.7. The van der Waals surface area contributed by atoms with Crippen LogP contribution in [0, 0.1) is 0 Å². The molecular weight excluding hydrogens is 362 g/mol. The van der Waals surface area contributed by atoms with Crippen molar-refractivity contribution in [2.45, 2.75) is 6.92 Å². The molecule has 2 amide bonds. The first-order chi connectivity index (χ1) is 13.1. The van der Waals surface area contributed by atoms with Gasteiger partial charge in [0.1, 0.15) is 17.0 Å². The number of hydrogen-bond donors (Lipinski definition) is 2. The Hall–Kier alpha value is -3.45. The number of thiazole rings is 1. The fourth-order valence-electron chi connectivity index (χ4n) is 2.62. The summed E-state index contributed by atoms with van der Waals surface area (Å²) in [6, 6.07) is 17.2. The van der Waals surface area contributed by atoms with Gasteiger partial charge in [-0.15, -0.1) is 11.3 Å².